The molecule has 3 aliphatic heterocycles. The lowest BCUT2D eigenvalue weighted by molar-refractivity contribution is -0.195. The van der Waals surface area contributed by atoms with E-state index in [1.165, 1.54) is 18.1 Å². The summed E-state index contributed by atoms with van der Waals surface area (Å²) < 4.78 is 33.2. The van der Waals surface area contributed by atoms with Crippen LogP contribution in [0.5, 0.6) is 11.5 Å². The van der Waals surface area contributed by atoms with E-state index in [4.69, 9.17) is 28.8 Å². The van der Waals surface area contributed by atoms with Crippen LogP contribution in [-0.2, 0) is 33.1 Å². The summed E-state index contributed by atoms with van der Waals surface area (Å²) in [5.41, 5.74) is 3.97. The molecule has 346 valence electrons. The van der Waals surface area contributed by atoms with Gasteiger partial charge in [-0.3, -0.25) is 19.2 Å². The van der Waals surface area contributed by atoms with Crippen molar-refractivity contribution in [2.45, 2.75) is 69.9 Å². The minimum atomic E-state index is -0.898. The number of nitrogens with one attached hydrogen (secondary N) is 3. The largest absolute Gasteiger partial charge is 0.493 e. The van der Waals surface area contributed by atoms with Crippen LogP contribution >= 0.6 is 0 Å². The number of hydrogen-bond acceptors (Lipinski definition) is 11. The van der Waals surface area contributed by atoms with Gasteiger partial charge in [-0.15, -0.1) is 0 Å². The molecule has 2 aromatic carbocycles. The highest BCUT2D eigenvalue weighted by Gasteiger charge is 2.48. The summed E-state index contributed by atoms with van der Waals surface area (Å²) in [6.45, 7) is 5.12. The first-order valence-electron chi connectivity index (χ1n) is 21.9. The van der Waals surface area contributed by atoms with Crippen LogP contribution in [0, 0.1) is 0 Å². The second-order valence-electron chi connectivity index (χ2n) is 16.1. The first kappa shape index (κ1) is 46.4. The van der Waals surface area contributed by atoms with Crippen molar-refractivity contribution in [3.63, 3.8) is 0 Å². The zero-order valence-electron chi connectivity index (χ0n) is 37.0. The summed E-state index contributed by atoms with van der Waals surface area (Å²) in [6, 6.07) is 13.3. The molecule has 2 unspecified atom stereocenters. The van der Waals surface area contributed by atoms with Crippen LogP contribution < -0.4 is 30.3 Å². The fourth-order valence-electron chi connectivity index (χ4n) is 8.28. The molecule has 18 heteroatoms. The Hall–Kier alpha value is -6.63. The Bertz CT molecular complexity index is 2370. The number of carbonyl (C=O) groups is 5. The zero-order valence-corrected chi connectivity index (χ0v) is 37.0. The molecule has 7 rings (SSSR count). The number of nitrogens with zero attached hydrogens (tertiary/aromatic N) is 4. The number of rotatable bonds is 18. The van der Waals surface area contributed by atoms with E-state index < -0.39 is 24.7 Å². The van der Waals surface area contributed by atoms with Gasteiger partial charge < -0.3 is 58.8 Å². The van der Waals surface area contributed by atoms with E-state index in [2.05, 4.69) is 22.5 Å². The molecule has 65 heavy (non-hydrogen) atoms. The Morgan fingerprint density at radius 1 is 0.892 bits per heavy atom. The van der Waals surface area contributed by atoms with E-state index >= 15 is 0 Å². The second kappa shape index (κ2) is 21.4. The van der Waals surface area contributed by atoms with E-state index in [0.717, 1.165) is 30.4 Å². The zero-order chi connectivity index (χ0) is 46.0. The molecule has 0 radical (unpaired) electrons. The van der Waals surface area contributed by atoms with Crippen molar-refractivity contribution >= 4 is 46.8 Å². The van der Waals surface area contributed by atoms with E-state index in [0.29, 0.717) is 68.1 Å². The molecular weight excluding hydrogens is 839 g/mol. The van der Waals surface area contributed by atoms with Gasteiger partial charge in [-0.25, -0.2) is 9.69 Å². The molecule has 0 bridgehead atoms. The second-order valence-corrected chi connectivity index (χ2v) is 16.1. The van der Waals surface area contributed by atoms with Crippen molar-refractivity contribution in [1.82, 2.24) is 19.4 Å². The van der Waals surface area contributed by atoms with Gasteiger partial charge in [-0.2, -0.15) is 0 Å². The molecule has 5 heterocycles. The average molecular weight is 896 g/mol. The van der Waals surface area contributed by atoms with Gasteiger partial charge in [0.2, 0.25) is 5.91 Å². The average Bonchev–Trinajstić information content (AvgIpc) is 4.04. The fraction of sp³-hybridized carbons (Fsp3) is 0.426. The smallest absolute Gasteiger partial charge is 0.416 e. The first-order chi connectivity index (χ1) is 31.5. The molecule has 4 aromatic rings. The van der Waals surface area contributed by atoms with Crippen LogP contribution in [0.1, 0.15) is 82.7 Å². The summed E-state index contributed by atoms with van der Waals surface area (Å²) in [5.74, 6) is -0.634. The predicted octanol–water partition coefficient (Wildman–Crippen LogP) is 5.82. The summed E-state index contributed by atoms with van der Waals surface area (Å²) in [6.07, 6.45) is 7.48. The van der Waals surface area contributed by atoms with Crippen LogP contribution in [-0.4, -0.2) is 114 Å². The van der Waals surface area contributed by atoms with E-state index in [-0.39, 0.29) is 72.6 Å². The summed E-state index contributed by atoms with van der Waals surface area (Å²) in [4.78, 5) is 70.1. The first-order valence-corrected chi connectivity index (χ1v) is 21.9. The normalized spacial score (nSPS) is 18.0. The number of aliphatic hydroxyl groups excluding tert-OH is 1. The molecular formula is C47H57N7O11. The lowest BCUT2D eigenvalue weighted by Gasteiger charge is -2.38. The Balaban J connectivity index is 0.966. The summed E-state index contributed by atoms with van der Waals surface area (Å²) in [7, 11) is 4.95. The third kappa shape index (κ3) is 10.8. The third-order valence-electron chi connectivity index (χ3n) is 11.5. The minimum absolute atomic E-state index is 0.00189. The lowest BCUT2D eigenvalue weighted by atomic mass is 10.1. The van der Waals surface area contributed by atoms with Gasteiger partial charge in [0.05, 0.1) is 36.7 Å². The molecule has 0 saturated carbocycles. The standard InChI is InChI=1S/C47H57N7O11/c1-5-21-64-47(60)54-36-27-40(39(61-4)26-34(36)45(59)53-19-8-11-35(53)46(54)65-42-13-6-7-22-63-42)62-23-9-12-41(56)49-33-25-38(52(3)29-33)44(58)50-32-16-14-30(15-17-32)31-24-37(51(2)28-31)43(57)48-18-10-20-55/h5,14-17,24-29,35,42,46,55H,1,6-13,18-23H2,2-4H3,(H,48,57)(H,49,56)(H,50,58)/t35-,42?,46?/m0/s1. The molecule has 3 atom stereocenters. The molecule has 0 spiro atoms. The molecule has 18 nitrogen and oxygen atoms in total. The number of fused-ring (bicyclic) bond motifs is 2. The monoisotopic (exact) mass is 895 g/mol. The van der Waals surface area contributed by atoms with E-state index in [1.54, 1.807) is 70.7 Å². The van der Waals surface area contributed by atoms with Crippen molar-refractivity contribution in [2.24, 2.45) is 14.1 Å². The number of amides is 5. The molecule has 2 fully saturated rings. The third-order valence-corrected chi connectivity index (χ3v) is 11.5. The van der Waals surface area contributed by atoms with Gasteiger partial charge in [0, 0.05) is 76.5 Å². The topological polar surface area (TPSA) is 204 Å². The quantitative estimate of drug-likeness (QED) is 0.0693. The molecule has 0 aliphatic carbocycles. The van der Waals surface area contributed by atoms with Crippen LogP contribution in [0.3, 0.4) is 0 Å². The van der Waals surface area contributed by atoms with Crippen molar-refractivity contribution in [2.75, 3.05) is 62.2 Å². The van der Waals surface area contributed by atoms with Gasteiger partial charge in [-0.05, 0) is 80.8 Å². The van der Waals surface area contributed by atoms with Crippen molar-refractivity contribution in [3.8, 4) is 22.6 Å². The fourth-order valence-corrected chi connectivity index (χ4v) is 8.28. The number of benzene rings is 2. The summed E-state index contributed by atoms with van der Waals surface area (Å²) in [5, 5.41) is 17.5. The highest BCUT2D eigenvalue weighted by Crippen LogP contribution is 2.43. The van der Waals surface area contributed by atoms with Crippen LogP contribution in [0.25, 0.3) is 11.1 Å². The molecule has 3 aliphatic rings. The number of hydrogen-bond donors (Lipinski definition) is 4. The molecule has 2 saturated heterocycles. The number of aryl methyl sites for hydroxylation is 2. The van der Waals surface area contributed by atoms with Crippen LogP contribution in [0.2, 0.25) is 0 Å². The van der Waals surface area contributed by atoms with Gasteiger partial charge in [0.15, 0.2) is 24.0 Å². The predicted molar refractivity (Wildman–Crippen MR) is 241 cm³/mol. The number of methoxy groups -OCH3 is 1. The minimum Gasteiger partial charge on any atom is -0.493 e. The Morgan fingerprint density at radius 2 is 1.68 bits per heavy atom. The highest BCUT2D eigenvalue weighted by molar-refractivity contribution is 6.06. The van der Waals surface area contributed by atoms with Crippen molar-refractivity contribution < 1.29 is 52.8 Å². The van der Waals surface area contributed by atoms with Gasteiger partial charge >= 0.3 is 6.09 Å². The van der Waals surface area contributed by atoms with Gasteiger partial charge in [0.25, 0.3) is 17.7 Å². The maximum atomic E-state index is 14.1. The van der Waals surface area contributed by atoms with Crippen LogP contribution in [0.4, 0.5) is 21.9 Å². The number of aliphatic hydroxyl groups is 1. The van der Waals surface area contributed by atoms with Crippen molar-refractivity contribution in [1.29, 1.82) is 0 Å². The molecule has 5 amide bonds. The van der Waals surface area contributed by atoms with E-state index in [1.807, 2.05) is 18.3 Å². The lowest BCUT2D eigenvalue weighted by Crippen LogP contribution is -2.54. The number of ether oxygens (including phenoxy) is 5. The van der Waals surface area contributed by atoms with Gasteiger partial charge in [0.1, 0.15) is 18.0 Å². The maximum Gasteiger partial charge on any atom is 0.416 e. The number of anilines is 3. The number of carbonyl (C=O) groups excluding carboxylic acids is 5. The maximum absolute atomic E-state index is 14.1. The van der Waals surface area contributed by atoms with Crippen LogP contribution in [0.15, 0.2) is 73.6 Å². The Kier molecular flexibility index (Phi) is 15.2. The molecule has 2 aromatic heterocycles. The Morgan fingerprint density at radius 3 is 2.42 bits per heavy atom. The highest BCUT2D eigenvalue weighted by atomic mass is 16.7. The molecule has 4 N–H and O–H groups in total. The van der Waals surface area contributed by atoms with Crippen molar-refractivity contribution in [3.05, 3.63) is 90.5 Å². The van der Waals surface area contributed by atoms with Gasteiger partial charge in [-0.1, -0.05) is 24.8 Å². The Labute approximate surface area is 377 Å². The SMILES string of the molecule is C=CCOC(=O)N1c2cc(OCCCC(=O)Nc3cc(C(=O)Nc4ccc(-c5cc(C(=O)NCCCO)n(C)c5)cc4)n(C)c3)c(OC)cc2C(=O)N2CCC[C@H]2C1OC1CCCCO1. The number of aromatic nitrogens is 2. The summed E-state index contributed by atoms with van der Waals surface area (Å²) >= 11 is 0. The van der Waals surface area contributed by atoms with E-state index in [9.17, 15) is 24.0 Å².